The maximum absolute atomic E-state index is 12.7. The lowest BCUT2D eigenvalue weighted by molar-refractivity contribution is -0.118. The molecule has 4 rings (SSSR count). The van der Waals surface area contributed by atoms with E-state index in [9.17, 15) is 4.79 Å². The van der Waals surface area contributed by atoms with E-state index in [2.05, 4.69) is 41.8 Å². The normalized spacial score (nSPS) is 28.7. The first kappa shape index (κ1) is 20.8. The summed E-state index contributed by atoms with van der Waals surface area (Å²) in [7, 11) is 1.72. The second kappa shape index (κ2) is 8.75. The Kier molecular flexibility index (Phi) is 6.28. The van der Waals surface area contributed by atoms with E-state index < -0.39 is 0 Å². The van der Waals surface area contributed by atoms with Crippen molar-refractivity contribution in [3.63, 3.8) is 0 Å². The van der Waals surface area contributed by atoms with Gasteiger partial charge in [0.15, 0.2) is 0 Å². The number of aryl methyl sites for hydroxylation is 1. The average Bonchev–Trinajstić information content (AvgIpc) is 3.05. The smallest absolute Gasteiger partial charge is 0.231 e. The molecule has 5 heteroatoms. The highest BCUT2D eigenvalue weighted by Crippen LogP contribution is 2.39. The van der Waals surface area contributed by atoms with Gasteiger partial charge in [0.05, 0.1) is 25.7 Å². The summed E-state index contributed by atoms with van der Waals surface area (Å²) >= 11 is 0. The van der Waals surface area contributed by atoms with Crippen LogP contribution in [0, 0.1) is 6.92 Å². The lowest BCUT2D eigenvalue weighted by Gasteiger charge is -2.49. The van der Waals surface area contributed by atoms with Crippen molar-refractivity contribution in [1.82, 2.24) is 4.90 Å². The van der Waals surface area contributed by atoms with E-state index in [0.29, 0.717) is 31.8 Å². The highest BCUT2D eigenvalue weighted by Gasteiger charge is 2.41. The number of hydrogen-bond acceptors (Lipinski definition) is 4. The summed E-state index contributed by atoms with van der Waals surface area (Å²) in [4.78, 5) is 17.5. The van der Waals surface area contributed by atoms with Crippen molar-refractivity contribution < 1.29 is 14.3 Å². The van der Waals surface area contributed by atoms with Crippen LogP contribution >= 0.6 is 0 Å². The SMILES string of the molecule is COCCOC1CCC(C)(N2CCC(N3C(=O)Cc4ccc(C)cc43)CC2)CC1. The van der Waals surface area contributed by atoms with E-state index in [0.717, 1.165) is 44.5 Å². The molecule has 0 atom stereocenters. The van der Waals surface area contributed by atoms with Gasteiger partial charge in [-0.25, -0.2) is 0 Å². The van der Waals surface area contributed by atoms with Crippen molar-refractivity contribution in [3.05, 3.63) is 29.3 Å². The zero-order chi connectivity index (χ0) is 20.4. The average molecular weight is 401 g/mol. The second-order valence-electron chi connectivity index (χ2n) is 9.35. The molecule has 5 nitrogen and oxygen atoms in total. The molecule has 160 valence electrons. The summed E-state index contributed by atoms with van der Waals surface area (Å²) in [6.07, 6.45) is 7.76. The van der Waals surface area contributed by atoms with Crippen molar-refractivity contribution >= 4 is 11.6 Å². The molecule has 0 aromatic heterocycles. The van der Waals surface area contributed by atoms with Gasteiger partial charge in [0.25, 0.3) is 0 Å². The molecule has 1 saturated heterocycles. The number of amides is 1. The number of carbonyl (C=O) groups is 1. The van der Waals surface area contributed by atoms with Crippen LogP contribution in [0.25, 0.3) is 0 Å². The molecule has 0 N–H and O–H groups in total. The van der Waals surface area contributed by atoms with E-state index in [1.807, 2.05) is 0 Å². The van der Waals surface area contributed by atoms with Crippen LogP contribution in [-0.2, 0) is 20.7 Å². The number of rotatable bonds is 6. The Morgan fingerprint density at radius 1 is 1.10 bits per heavy atom. The number of likely N-dealkylation sites (tertiary alicyclic amines) is 1. The Balaban J connectivity index is 1.32. The molecule has 0 radical (unpaired) electrons. The fraction of sp³-hybridized carbons (Fsp3) is 0.708. The molecule has 3 aliphatic rings. The van der Waals surface area contributed by atoms with Gasteiger partial charge in [-0.3, -0.25) is 9.69 Å². The Labute approximate surface area is 175 Å². The standard InChI is InChI=1S/C24H36N2O3/c1-18-4-5-19-17-23(27)26(22(19)16-18)20-8-12-25(13-9-20)24(2)10-6-21(7-11-24)29-15-14-28-3/h4-5,16,20-21H,6-15,17H2,1-3H3. The van der Waals surface area contributed by atoms with E-state index in [1.165, 1.54) is 24.0 Å². The van der Waals surface area contributed by atoms with Crippen molar-refractivity contribution in [3.8, 4) is 0 Å². The first-order chi connectivity index (χ1) is 14.0. The minimum absolute atomic E-state index is 0.273. The van der Waals surface area contributed by atoms with Crippen LogP contribution < -0.4 is 4.90 Å². The number of ether oxygens (including phenoxy) is 2. The summed E-state index contributed by atoms with van der Waals surface area (Å²) in [5.41, 5.74) is 3.86. The maximum atomic E-state index is 12.7. The molecular weight excluding hydrogens is 364 g/mol. The van der Waals surface area contributed by atoms with Crippen molar-refractivity contribution in [2.75, 3.05) is 38.3 Å². The van der Waals surface area contributed by atoms with E-state index in [4.69, 9.17) is 9.47 Å². The number of nitrogens with zero attached hydrogens (tertiary/aromatic N) is 2. The van der Waals surface area contributed by atoms with Crippen LogP contribution in [0.2, 0.25) is 0 Å². The van der Waals surface area contributed by atoms with Gasteiger partial charge in [0.2, 0.25) is 5.91 Å². The third-order valence-corrected chi connectivity index (χ3v) is 7.35. The molecule has 0 spiro atoms. The van der Waals surface area contributed by atoms with Gasteiger partial charge in [0.1, 0.15) is 0 Å². The van der Waals surface area contributed by atoms with Crippen LogP contribution in [0.4, 0.5) is 5.69 Å². The van der Waals surface area contributed by atoms with Gasteiger partial charge in [-0.2, -0.15) is 0 Å². The van der Waals surface area contributed by atoms with E-state index >= 15 is 0 Å². The third-order valence-electron chi connectivity index (χ3n) is 7.35. The summed E-state index contributed by atoms with van der Waals surface area (Å²) in [6.45, 7) is 8.09. The van der Waals surface area contributed by atoms with Gasteiger partial charge in [-0.1, -0.05) is 12.1 Å². The number of anilines is 1. The number of methoxy groups -OCH3 is 1. The van der Waals surface area contributed by atoms with E-state index in [1.54, 1.807) is 7.11 Å². The van der Waals surface area contributed by atoms with Gasteiger partial charge in [-0.05, 0) is 69.6 Å². The Hall–Kier alpha value is -1.43. The number of benzene rings is 1. The predicted molar refractivity (Wildman–Crippen MR) is 115 cm³/mol. The largest absolute Gasteiger partial charge is 0.382 e. The van der Waals surface area contributed by atoms with Gasteiger partial charge in [0, 0.05) is 37.5 Å². The summed E-state index contributed by atoms with van der Waals surface area (Å²) in [5, 5.41) is 0. The maximum Gasteiger partial charge on any atom is 0.231 e. The second-order valence-corrected chi connectivity index (χ2v) is 9.35. The molecule has 2 aliphatic heterocycles. The van der Waals surface area contributed by atoms with Gasteiger partial charge < -0.3 is 14.4 Å². The topological polar surface area (TPSA) is 42.0 Å². The fourth-order valence-corrected chi connectivity index (χ4v) is 5.49. The first-order valence-electron chi connectivity index (χ1n) is 11.3. The Morgan fingerprint density at radius 3 is 2.52 bits per heavy atom. The van der Waals surface area contributed by atoms with Crippen LogP contribution in [0.15, 0.2) is 18.2 Å². The summed E-state index contributed by atoms with van der Waals surface area (Å²) < 4.78 is 11.1. The van der Waals surface area contributed by atoms with Gasteiger partial charge >= 0.3 is 0 Å². The molecule has 1 amide bonds. The van der Waals surface area contributed by atoms with E-state index in [-0.39, 0.29) is 11.4 Å². The molecular formula is C24H36N2O3. The number of fused-ring (bicyclic) bond motifs is 1. The minimum Gasteiger partial charge on any atom is -0.382 e. The van der Waals surface area contributed by atoms with Crippen LogP contribution in [0.5, 0.6) is 0 Å². The van der Waals surface area contributed by atoms with Crippen molar-refractivity contribution in [2.45, 2.75) is 76.5 Å². The minimum atomic E-state index is 0.273. The summed E-state index contributed by atoms with van der Waals surface area (Å²) in [5.74, 6) is 0.281. The molecule has 29 heavy (non-hydrogen) atoms. The lowest BCUT2D eigenvalue weighted by atomic mass is 9.79. The molecule has 1 aromatic rings. The van der Waals surface area contributed by atoms with Crippen molar-refractivity contribution in [2.24, 2.45) is 0 Å². The van der Waals surface area contributed by atoms with Crippen molar-refractivity contribution in [1.29, 1.82) is 0 Å². The molecule has 2 fully saturated rings. The zero-order valence-corrected chi connectivity index (χ0v) is 18.3. The van der Waals surface area contributed by atoms with Crippen LogP contribution in [0.1, 0.15) is 56.6 Å². The molecule has 0 unspecified atom stereocenters. The Bertz CT molecular complexity index is 719. The molecule has 1 saturated carbocycles. The molecule has 0 bridgehead atoms. The zero-order valence-electron chi connectivity index (χ0n) is 18.3. The van der Waals surface area contributed by atoms with Gasteiger partial charge in [-0.15, -0.1) is 0 Å². The quantitative estimate of drug-likeness (QED) is 0.683. The first-order valence-corrected chi connectivity index (χ1v) is 11.3. The molecule has 2 heterocycles. The predicted octanol–water partition coefficient (Wildman–Crippen LogP) is 3.71. The Morgan fingerprint density at radius 2 is 1.83 bits per heavy atom. The fourth-order valence-electron chi connectivity index (χ4n) is 5.49. The number of piperidine rings is 1. The summed E-state index contributed by atoms with van der Waals surface area (Å²) in [6, 6.07) is 6.79. The van der Waals surface area contributed by atoms with Crippen LogP contribution in [0.3, 0.4) is 0 Å². The molecule has 1 aromatic carbocycles. The van der Waals surface area contributed by atoms with Crippen LogP contribution in [-0.4, -0.2) is 61.9 Å². The molecule has 1 aliphatic carbocycles. The lowest BCUT2D eigenvalue weighted by Crippen LogP contribution is -2.55. The number of carbonyl (C=O) groups excluding carboxylic acids is 1. The highest BCUT2D eigenvalue weighted by molar-refractivity contribution is 6.02. The number of hydrogen-bond donors (Lipinski definition) is 0. The monoisotopic (exact) mass is 400 g/mol. The third kappa shape index (κ3) is 4.37. The highest BCUT2D eigenvalue weighted by atomic mass is 16.5.